The summed E-state index contributed by atoms with van der Waals surface area (Å²) in [5.74, 6) is 0.616. The number of hydrogen-bond donors (Lipinski definition) is 1. The van der Waals surface area contributed by atoms with E-state index < -0.39 is 0 Å². The Hall–Kier alpha value is -1.46. The van der Waals surface area contributed by atoms with Crippen LogP contribution in [0.1, 0.15) is 23.3 Å². The Morgan fingerprint density at radius 1 is 1.30 bits per heavy atom. The first kappa shape index (κ1) is 12.3. The van der Waals surface area contributed by atoms with Crippen molar-refractivity contribution >= 4 is 27.5 Å². The second-order valence-corrected chi connectivity index (χ2v) is 6.67. The lowest BCUT2D eigenvalue weighted by atomic mass is 9.84. The van der Waals surface area contributed by atoms with E-state index in [2.05, 4.69) is 15.2 Å². The van der Waals surface area contributed by atoms with Crippen molar-refractivity contribution in [2.45, 2.75) is 18.9 Å². The molecule has 2 aromatic heterocycles. The summed E-state index contributed by atoms with van der Waals surface area (Å²) < 4.78 is 1.13. The number of rotatable bonds is 2. The molecule has 4 nitrogen and oxygen atoms in total. The van der Waals surface area contributed by atoms with Crippen LogP contribution < -0.4 is 5.32 Å². The molecule has 5 heterocycles. The fourth-order valence-corrected chi connectivity index (χ4v) is 4.07. The van der Waals surface area contributed by atoms with E-state index in [0.717, 1.165) is 16.8 Å². The number of amides is 1. The van der Waals surface area contributed by atoms with Gasteiger partial charge in [-0.15, -0.1) is 11.3 Å². The number of nitrogens with one attached hydrogen (secondary N) is 1. The van der Waals surface area contributed by atoms with Gasteiger partial charge < -0.3 is 10.2 Å². The van der Waals surface area contributed by atoms with Gasteiger partial charge in [0, 0.05) is 12.6 Å². The summed E-state index contributed by atoms with van der Waals surface area (Å²) in [6, 6.07) is 6.07. The Morgan fingerprint density at radius 2 is 2.15 bits per heavy atom. The largest absolute Gasteiger partial charge is 0.346 e. The number of aromatic nitrogens is 1. The normalized spacial score (nSPS) is 28.7. The lowest BCUT2D eigenvalue weighted by molar-refractivity contribution is 0.0618. The zero-order valence-corrected chi connectivity index (χ0v) is 12.0. The van der Waals surface area contributed by atoms with E-state index >= 15 is 0 Å². The predicted molar refractivity (Wildman–Crippen MR) is 80.0 cm³/mol. The molecule has 2 bridgehead atoms. The van der Waals surface area contributed by atoms with Crippen molar-refractivity contribution in [2.24, 2.45) is 5.92 Å². The molecule has 0 spiro atoms. The SMILES string of the molecule is O=C(N[C@H]1CN2CCC1CC2)c1ccc2sccc2n1. The minimum absolute atomic E-state index is 0.0307. The van der Waals surface area contributed by atoms with E-state index in [1.54, 1.807) is 11.3 Å². The fraction of sp³-hybridized carbons (Fsp3) is 0.467. The first-order chi connectivity index (χ1) is 9.79. The Bertz CT molecular complexity index is 645. The van der Waals surface area contributed by atoms with Crippen LogP contribution in [0.25, 0.3) is 10.2 Å². The van der Waals surface area contributed by atoms with E-state index in [1.165, 1.54) is 25.9 Å². The van der Waals surface area contributed by atoms with Crippen LogP contribution in [0.2, 0.25) is 0 Å². The number of hydrogen-bond acceptors (Lipinski definition) is 4. The molecule has 5 heteroatoms. The van der Waals surface area contributed by atoms with Crippen molar-refractivity contribution < 1.29 is 4.79 Å². The number of thiophene rings is 1. The van der Waals surface area contributed by atoms with Gasteiger partial charge >= 0.3 is 0 Å². The van der Waals surface area contributed by atoms with Crippen LogP contribution in [0.15, 0.2) is 23.6 Å². The number of pyridine rings is 1. The number of carbonyl (C=O) groups excluding carboxylic acids is 1. The lowest BCUT2D eigenvalue weighted by Gasteiger charge is -2.44. The van der Waals surface area contributed by atoms with Crippen LogP contribution in [0, 0.1) is 5.92 Å². The van der Waals surface area contributed by atoms with Crippen molar-refractivity contribution in [3.8, 4) is 0 Å². The standard InChI is InChI=1S/C15H17N3OS/c19-15(12-1-2-14-11(16-12)5-8-20-14)17-13-9-18-6-3-10(13)4-7-18/h1-2,5,8,10,13H,3-4,6-7,9H2,(H,17,19)/t13-/m0/s1. The molecule has 20 heavy (non-hydrogen) atoms. The third-order valence-electron chi connectivity index (χ3n) is 4.51. The van der Waals surface area contributed by atoms with Gasteiger partial charge in [-0.3, -0.25) is 4.79 Å². The topological polar surface area (TPSA) is 45.2 Å². The third-order valence-corrected chi connectivity index (χ3v) is 5.38. The summed E-state index contributed by atoms with van der Waals surface area (Å²) in [4.78, 5) is 19.3. The van der Waals surface area contributed by atoms with Gasteiger partial charge in [-0.05, 0) is 55.4 Å². The Balaban J connectivity index is 1.52. The maximum Gasteiger partial charge on any atom is 0.270 e. The van der Waals surface area contributed by atoms with Crippen molar-refractivity contribution in [2.75, 3.05) is 19.6 Å². The van der Waals surface area contributed by atoms with Gasteiger partial charge in [-0.25, -0.2) is 4.98 Å². The van der Waals surface area contributed by atoms with Crippen LogP contribution in [-0.4, -0.2) is 41.5 Å². The van der Waals surface area contributed by atoms with Crippen LogP contribution >= 0.6 is 11.3 Å². The number of nitrogens with zero attached hydrogens (tertiary/aromatic N) is 2. The van der Waals surface area contributed by atoms with Crippen LogP contribution in [0.4, 0.5) is 0 Å². The predicted octanol–water partition coefficient (Wildman–Crippen LogP) is 2.12. The van der Waals surface area contributed by atoms with Crippen LogP contribution in [0.3, 0.4) is 0 Å². The van der Waals surface area contributed by atoms with Gasteiger partial charge in [0.05, 0.1) is 10.2 Å². The average molecular weight is 287 g/mol. The van der Waals surface area contributed by atoms with Gasteiger partial charge in [0.1, 0.15) is 5.69 Å². The summed E-state index contributed by atoms with van der Waals surface area (Å²) in [5, 5.41) is 5.19. The second-order valence-electron chi connectivity index (χ2n) is 5.72. The molecule has 104 valence electrons. The Morgan fingerprint density at radius 3 is 2.90 bits per heavy atom. The zero-order chi connectivity index (χ0) is 13.5. The van der Waals surface area contributed by atoms with E-state index in [0.29, 0.717) is 17.7 Å². The molecule has 3 fully saturated rings. The average Bonchev–Trinajstić information content (AvgIpc) is 2.96. The highest BCUT2D eigenvalue weighted by Gasteiger charge is 2.35. The monoisotopic (exact) mass is 287 g/mol. The highest BCUT2D eigenvalue weighted by molar-refractivity contribution is 7.17. The van der Waals surface area contributed by atoms with Crippen molar-refractivity contribution in [1.82, 2.24) is 15.2 Å². The smallest absolute Gasteiger partial charge is 0.270 e. The molecule has 2 aromatic rings. The van der Waals surface area contributed by atoms with Crippen molar-refractivity contribution in [1.29, 1.82) is 0 Å². The molecule has 3 aliphatic rings. The molecule has 1 N–H and O–H groups in total. The molecular weight excluding hydrogens is 270 g/mol. The zero-order valence-electron chi connectivity index (χ0n) is 11.2. The molecule has 0 radical (unpaired) electrons. The van der Waals surface area contributed by atoms with E-state index in [9.17, 15) is 4.79 Å². The van der Waals surface area contributed by atoms with Gasteiger partial charge in [-0.2, -0.15) is 0 Å². The maximum atomic E-state index is 12.4. The van der Waals surface area contributed by atoms with Crippen LogP contribution in [-0.2, 0) is 0 Å². The number of piperidine rings is 3. The molecule has 3 aliphatic heterocycles. The molecule has 1 amide bonds. The lowest BCUT2D eigenvalue weighted by Crippen LogP contribution is -2.57. The second kappa shape index (κ2) is 4.82. The molecular formula is C15H17N3OS. The maximum absolute atomic E-state index is 12.4. The first-order valence-corrected chi connectivity index (χ1v) is 8.05. The third kappa shape index (κ3) is 2.11. The van der Waals surface area contributed by atoms with Gasteiger partial charge in [-0.1, -0.05) is 0 Å². The highest BCUT2D eigenvalue weighted by atomic mass is 32.1. The summed E-state index contributed by atoms with van der Waals surface area (Å²) in [6.45, 7) is 3.38. The number of carbonyl (C=O) groups is 1. The van der Waals surface area contributed by atoms with E-state index in [4.69, 9.17) is 0 Å². The summed E-state index contributed by atoms with van der Waals surface area (Å²) in [5.41, 5.74) is 1.45. The summed E-state index contributed by atoms with van der Waals surface area (Å²) in [6.07, 6.45) is 2.42. The Labute approximate surface area is 121 Å². The molecule has 0 aromatic carbocycles. The fourth-order valence-electron chi connectivity index (χ4n) is 3.35. The van der Waals surface area contributed by atoms with Gasteiger partial charge in [0.15, 0.2) is 0 Å². The quantitative estimate of drug-likeness (QED) is 0.920. The summed E-state index contributed by atoms with van der Waals surface area (Å²) >= 11 is 1.65. The number of fused-ring (bicyclic) bond motifs is 4. The van der Waals surface area contributed by atoms with E-state index in [1.807, 2.05) is 23.6 Å². The minimum atomic E-state index is -0.0307. The van der Waals surface area contributed by atoms with E-state index in [-0.39, 0.29) is 5.91 Å². The van der Waals surface area contributed by atoms with Crippen LogP contribution in [0.5, 0.6) is 0 Å². The molecule has 1 atom stereocenters. The van der Waals surface area contributed by atoms with Crippen molar-refractivity contribution in [3.05, 3.63) is 29.3 Å². The minimum Gasteiger partial charge on any atom is -0.346 e. The summed E-state index contributed by atoms with van der Waals surface area (Å²) in [7, 11) is 0. The Kier molecular flexibility index (Phi) is 2.97. The van der Waals surface area contributed by atoms with Crippen molar-refractivity contribution in [3.63, 3.8) is 0 Å². The molecule has 3 saturated heterocycles. The molecule has 0 unspecified atom stereocenters. The van der Waals surface area contributed by atoms with Gasteiger partial charge in [0.25, 0.3) is 5.91 Å². The highest BCUT2D eigenvalue weighted by Crippen LogP contribution is 2.27. The first-order valence-electron chi connectivity index (χ1n) is 7.17. The van der Waals surface area contributed by atoms with Gasteiger partial charge in [0.2, 0.25) is 0 Å². The molecule has 0 aliphatic carbocycles. The molecule has 5 rings (SSSR count). The molecule has 0 saturated carbocycles.